The maximum absolute atomic E-state index is 11.9. The highest BCUT2D eigenvalue weighted by Gasteiger charge is 2.30. The Morgan fingerprint density at radius 2 is 1.89 bits per heavy atom. The molecule has 0 saturated heterocycles. The summed E-state index contributed by atoms with van der Waals surface area (Å²) in [6, 6.07) is 2.13. The van der Waals surface area contributed by atoms with Crippen LogP contribution in [-0.4, -0.2) is 37.3 Å². The second kappa shape index (κ2) is 5.05. The van der Waals surface area contributed by atoms with E-state index in [1.54, 1.807) is 0 Å². The highest BCUT2D eigenvalue weighted by Crippen LogP contribution is 2.22. The van der Waals surface area contributed by atoms with Crippen molar-refractivity contribution in [2.75, 3.05) is 6.54 Å². The van der Waals surface area contributed by atoms with Gasteiger partial charge in [0, 0.05) is 0 Å². The summed E-state index contributed by atoms with van der Waals surface area (Å²) in [5.41, 5.74) is -0.727. The summed E-state index contributed by atoms with van der Waals surface area (Å²) in [7, 11) is -4.51. The number of carboxylic acid groups (broad SMARTS) is 1. The van der Waals surface area contributed by atoms with Gasteiger partial charge in [-0.05, 0) is 18.2 Å². The Kier molecular flexibility index (Phi) is 4.06. The molecular weight excluding hydrogens is 291 g/mol. The van der Waals surface area contributed by atoms with E-state index in [1.807, 2.05) is 0 Å². The largest absolute Gasteiger partial charge is 0.507 e. The van der Waals surface area contributed by atoms with Gasteiger partial charge in [0.1, 0.15) is 17.9 Å². The summed E-state index contributed by atoms with van der Waals surface area (Å²) in [6.07, 6.45) is -4.74. The summed E-state index contributed by atoms with van der Waals surface area (Å²) >= 11 is 0. The number of sulfonamides is 1. The molecule has 1 rings (SSSR count). The molecule has 0 atom stereocenters. The zero-order valence-corrected chi connectivity index (χ0v) is 9.92. The average Bonchev–Trinajstić information content (AvgIpc) is 2.25. The second-order valence-corrected chi connectivity index (χ2v) is 5.19. The molecule has 106 valence electrons. The van der Waals surface area contributed by atoms with Gasteiger partial charge in [0.05, 0.1) is 4.90 Å². The zero-order valence-electron chi connectivity index (χ0n) is 9.10. The second-order valence-electron chi connectivity index (χ2n) is 3.42. The van der Waals surface area contributed by atoms with Crippen LogP contribution < -0.4 is 4.72 Å². The maximum Gasteiger partial charge on any atom is 0.402 e. The van der Waals surface area contributed by atoms with Gasteiger partial charge in [-0.3, -0.25) is 0 Å². The van der Waals surface area contributed by atoms with Crippen molar-refractivity contribution in [1.82, 2.24) is 4.72 Å². The average molecular weight is 299 g/mol. The summed E-state index contributed by atoms with van der Waals surface area (Å²) < 4.78 is 60.0. The highest BCUT2D eigenvalue weighted by atomic mass is 32.2. The first-order valence-corrected chi connectivity index (χ1v) is 6.14. The van der Waals surface area contributed by atoms with Crippen LogP contribution in [0.25, 0.3) is 0 Å². The molecule has 0 saturated carbocycles. The smallest absolute Gasteiger partial charge is 0.402 e. The molecule has 0 fully saturated rings. The zero-order chi connectivity index (χ0) is 14.8. The first kappa shape index (κ1) is 15.2. The normalized spacial score (nSPS) is 12.4. The molecule has 0 aliphatic heterocycles. The molecule has 0 aromatic heterocycles. The fraction of sp³-hybridized carbons (Fsp3) is 0.222. The number of aromatic hydroxyl groups is 1. The lowest BCUT2D eigenvalue weighted by Gasteiger charge is -2.10. The molecule has 0 amide bonds. The van der Waals surface area contributed by atoms with Crippen LogP contribution in [0, 0.1) is 0 Å². The number of nitrogens with one attached hydrogen (secondary N) is 1. The van der Waals surface area contributed by atoms with Gasteiger partial charge in [0.2, 0.25) is 10.0 Å². The molecular formula is C9H8F3NO5S. The van der Waals surface area contributed by atoms with Crippen molar-refractivity contribution < 1.29 is 36.6 Å². The Hall–Kier alpha value is -1.81. The number of halogens is 3. The Labute approximate surface area is 105 Å². The Bertz CT molecular complexity index is 596. The summed E-state index contributed by atoms with van der Waals surface area (Å²) in [5.74, 6) is -2.30. The molecule has 0 heterocycles. The number of aromatic carboxylic acids is 1. The molecule has 10 heteroatoms. The lowest BCUT2D eigenvalue weighted by atomic mass is 10.2. The van der Waals surface area contributed by atoms with E-state index in [4.69, 9.17) is 10.2 Å². The van der Waals surface area contributed by atoms with Gasteiger partial charge in [-0.15, -0.1) is 0 Å². The number of hydrogen-bond donors (Lipinski definition) is 3. The molecule has 0 spiro atoms. The summed E-state index contributed by atoms with van der Waals surface area (Å²) in [5, 5.41) is 17.8. The van der Waals surface area contributed by atoms with Crippen LogP contribution in [0.1, 0.15) is 10.4 Å². The first-order chi connectivity index (χ1) is 8.53. The molecule has 0 unspecified atom stereocenters. The quantitative estimate of drug-likeness (QED) is 0.767. The number of alkyl halides is 3. The third-order valence-corrected chi connectivity index (χ3v) is 3.37. The maximum atomic E-state index is 11.9. The fourth-order valence-corrected chi connectivity index (χ4v) is 2.15. The Balaban J connectivity index is 3.09. The molecule has 3 N–H and O–H groups in total. The van der Waals surface area contributed by atoms with E-state index >= 15 is 0 Å². The van der Waals surface area contributed by atoms with Gasteiger partial charge in [-0.2, -0.15) is 13.2 Å². The third kappa shape index (κ3) is 4.10. The topological polar surface area (TPSA) is 104 Å². The van der Waals surface area contributed by atoms with Crippen molar-refractivity contribution in [1.29, 1.82) is 0 Å². The van der Waals surface area contributed by atoms with Crippen LogP contribution >= 0.6 is 0 Å². The van der Waals surface area contributed by atoms with E-state index in [0.29, 0.717) is 6.07 Å². The number of carboxylic acids is 1. The van der Waals surface area contributed by atoms with Gasteiger partial charge < -0.3 is 10.2 Å². The number of rotatable bonds is 4. The number of phenols is 1. The van der Waals surface area contributed by atoms with Crippen molar-refractivity contribution in [2.24, 2.45) is 0 Å². The van der Waals surface area contributed by atoms with E-state index in [1.165, 1.54) is 4.72 Å². The minimum absolute atomic E-state index is 0.566. The highest BCUT2D eigenvalue weighted by molar-refractivity contribution is 7.89. The monoisotopic (exact) mass is 299 g/mol. The molecule has 0 bridgehead atoms. The first-order valence-electron chi connectivity index (χ1n) is 4.66. The third-order valence-electron chi connectivity index (χ3n) is 1.97. The summed E-state index contributed by atoms with van der Waals surface area (Å²) in [4.78, 5) is 9.97. The molecule has 0 aliphatic carbocycles. The lowest BCUT2D eigenvalue weighted by Crippen LogP contribution is -2.33. The predicted octanol–water partition coefficient (Wildman–Crippen LogP) is 0.931. The van der Waals surface area contributed by atoms with E-state index < -0.39 is 44.9 Å². The van der Waals surface area contributed by atoms with E-state index in [9.17, 15) is 26.4 Å². The van der Waals surface area contributed by atoms with Crippen LogP contribution in [0.2, 0.25) is 0 Å². The van der Waals surface area contributed by atoms with Crippen molar-refractivity contribution in [3.8, 4) is 5.75 Å². The molecule has 19 heavy (non-hydrogen) atoms. The lowest BCUT2D eigenvalue weighted by molar-refractivity contribution is -0.121. The van der Waals surface area contributed by atoms with Gasteiger partial charge in [-0.1, -0.05) is 0 Å². The minimum atomic E-state index is -4.74. The minimum Gasteiger partial charge on any atom is -0.507 e. The Morgan fingerprint density at radius 3 is 2.37 bits per heavy atom. The summed E-state index contributed by atoms with van der Waals surface area (Å²) in [6.45, 7) is -1.78. The van der Waals surface area contributed by atoms with Gasteiger partial charge in [0.15, 0.2) is 0 Å². The van der Waals surface area contributed by atoms with Crippen LogP contribution in [0.3, 0.4) is 0 Å². The van der Waals surface area contributed by atoms with Crippen LogP contribution in [-0.2, 0) is 10.0 Å². The van der Waals surface area contributed by atoms with Gasteiger partial charge in [-0.25, -0.2) is 17.9 Å². The Morgan fingerprint density at radius 1 is 1.32 bits per heavy atom. The van der Waals surface area contributed by atoms with E-state index in [2.05, 4.69) is 0 Å². The van der Waals surface area contributed by atoms with Crippen molar-refractivity contribution in [2.45, 2.75) is 11.1 Å². The fourth-order valence-electron chi connectivity index (χ4n) is 1.11. The van der Waals surface area contributed by atoms with Crippen molar-refractivity contribution >= 4 is 16.0 Å². The number of hydrogen-bond acceptors (Lipinski definition) is 4. The molecule has 1 aromatic rings. The van der Waals surface area contributed by atoms with Crippen LogP contribution in [0.5, 0.6) is 5.75 Å². The van der Waals surface area contributed by atoms with Crippen LogP contribution in [0.4, 0.5) is 13.2 Å². The van der Waals surface area contributed by atoms with Gasteiger partial charge in [0.25, 0.3) is 0 Å². The predicted molar refractivity (Wildman–Crippen MR) is 56.3 cm³/mol. The van der Waals surface area contributed by atoms with E-state index in [0.717, 1.165) is 12.1 Å². The molecule has 1 aromatic carbocycles. The van der Waals surface area contributed by atoms with Gasteiger partial charge >= 0.3 is 12.1 Å². The standard InChI is InChI=1S/C9H8F3NO5S/c10-9(11,12)4-13-19(17,18)5-1-2-7(14)6(3-5)8(15)16/h1-3,13-14H,4H2,(H,15,16). The molecule has 0 aliphatic rings. The molecule has 6 nitrogen and oxygen atoms in total. The van der Waals surface area contributed by atoms with Crippen LogP contribution in [0.15, 0.2) is 23.1 Å². The van der Waals surface area contributed by atoms with Crippen molar-refractivity contribution in [3.63, 3.8) is 0 Å². The number of carbonyl (C=O) groups is 1. The molecule has 0 radical (unpaired) electrons. The van der Waals surface area contributed by atoms with Crippen molar-refractivity contribution in [3.05, 3.63) is 23.8 Å². The number of benzene rings is 1. The SMILES string of the molecule is O=C(O)c1cc(S(=O)(=O)NCC(F)(F)F)ccc1O. The van der Waals surface area contributed by atoms with E-state index in [-0.39, 0.29) is 0 Å².